The maximum Gasteiger partial charge on any atom is 0.417 e. The monoisotopic (exact) mass is 651 g/mol. The quantitative estimate of drug-likeness (QED) is 0.231. The molecule has 0 bridgehead atoms. The highest BCUT2D eigenvalue weighted by atomic mass is 35.5. The van der Waals surface area contributed by atoms with Crippen LogP contribution in [0.3, 0.4) is 0 Å². The third-order valence-corrected chi connectivity index (χ3v) is 9.41. The van der Waals surface area contributed by atoms with Crippen molar-refractivity contribution in [2.45, 2.75) is 77.2 Å². The van der Waals surface area contributed by atoms with Gasteiger partial charge in [0.05, 0.1) is 21.2 Å². The molecule has 238 valence electrons. The van der Waals surface area contributed by atoms with Crippen LogP contribution in [-0.2, 0) is 32.3 Å². The van der Waals surface area contributed by atoms with Crippen LogP contribution >= 0.6 is 11.6 Å². The molecule has 1 N–H and O–H groups in total. The van der Waals surface area contributed by atoms with Gasteiger partial charge in [0.1, 0.15) is 12.6 Å². The number of benzene rings is 3. The lowest BCUT2D eigenvalue weighted by atomic mass is 10.1. The highest BCUT2D eigenvalue weighted by Gasteiger charge is 2.37. The second-order valence-corrected chi connectivity index (χ2v) is 13.0. The van der Waals surface area contributed by atoms with Gasteiger partial charge >= 0.3 is 6.18 Å². The van der Waals surface area contributed by atoms with E-state index in [9.17, 15) is 31.2 Å². The summed E-state index contributed by atoms with van der Waals surface area (Å²) in [5.74, 6) is -1.18. The highest BCUT2D eigenvalue weighted by molar-refractivity contribution is 7.92. The molecule has 0 aliphatic rings. The van der Waals surface area contributed by atoms with E-state index < -0.39 is 56.9 Å². The molecule has 0 saturated carbocycles. The molecule has 0 aromatic heterocycles. The van der Waals surface area contributed by atoms with E-state index in [0.29, 0.717) is 22.4 Å². The van der Waals surface area contributed by atoms with Crippen molar-refractivity contribution in [3.63, 3.8) is 0 Å². The summed E-state index contributed by atoms with van der Waals surface area (Å²) in [6, 6.07) is 14.5. The molecule has 0 saturated heterocycles. The van der Waals surface area contributed by atoms with Gasteiger partial charge in [-0.3, -0.25) is 13.9 Å². The van der Waals surface area contributed by atoms with Crippen molar-refractivity contribution in [1.82, 2.24) is 10.2 Å². The lowest BCUT2D eigenvalue weighted by Crippen LogP contribution is -2.53. The van der Waals surface area contributed by atoms with E-state index in [1.807, 2.05) is 32.9 Å². The number of carbonyl (C=O) groups is 2. The summed E-state index contributed by atoms with van der Waals surface area (Å²) in [4.78, 5) is 28.5. The lowest BCUT2D eigenvalue weighted by Gasteiger charge is -2.34. The lowest BCUT2D eigenvalue weighted by molar-refractivity contribution is -0.140. The van der Waals surface area contributed by atoms with Gasteiger partial charge in [0.2, 0.25) is 11.8 Å². The predicted octanol–water partition coefficient (Wildman–Crippen LogP) is 6.89. The normalized spacial score (nSPS) is 13.2. The molecule has 0 fully saturated rings. The second-order valence-electron chi connectivity index (χ2n) is 10.7. The molecule has 0 spiro atoms. The zero-order valence-corrected chi connectivity index (χ0v) is 26.9. The number of hydrogen-bond acceptors (Lipinski definition) is 4. The van der Waals surface area contributed by atoms with E-state index in [1.165, 1.54) is 17.0 Å². The number of aryl methyl sites for hydroxylation is 2. The summed E-state index contributed by atoms with van der Waals surface area (Å²) in [6.07, 6.45) is -4.02. The molecule has 7 nitrogen and oxygen atoms in total. The van der Waals surface area contributed by atoms with Crippen LogP contribution in [0, 0.1) is 13.8 Å². The van der Waals surface area contributed by atoms with Gasteiger partial charge in [-0.05, 0) is 69.5 Å². The van der Waals surface area contributed by atoms with E-state index in [1.54, 1.807) is 38.1 Å². The number of sulfonamides is 1. The van der Waals surface area contributed by atoms with E-state index >= 15 is 0 Å². The Hall–Kier alpha value is -3.57. The molecule has 0 heterocycles. The fourth-order valence-electron chi connectivity index (χ4n) is 4.50. The third kappa shape index (κ3) is 8.53. The van der Waals surface area contributed by atoms with Crippen LogP contribution < -0.4 is 9.62 Å². The van der Waals surface area contributed by atoms with Gasteiger partial charge in [-0.25, -0.2) is 8.42 Å². The van der Waals surface area contributed by atoms with Crippen LogP contribution in [0.25, 0.3) is 0 Å². The number of nitrogens with one attached hydrogen (secondary N) is 1. The molecule has 0 aliphatic heterocycles. The molecule has 0 aliphatic carbocycles. The fraction of sp³-hybridized carbons (Fsp3) is 0.375. The number of halogens is 4. The summed E-state index contributed by atoms with van der Waals surface area (Å²) in [5.41, 5.74) is 0.788. The topological polar surface area (TPSA) is 86.8 Å². The molecule has 12 heteroatoms. The summed E-state index contributed by atoms with van der Waals surface area (Å²) < 4.78 is 70.0. The molecule has 3 aromatic rings. The van der Waals surface area contributed by atoms with Crippen molar-refractivity contribution in [2.75, 3.05) is 10.8 Å². The van der Waals surface area contributed by atoms with Gasteiger partial charge in [-0.2, -0.15) is 13.2 Å². The van der Waals surface area contributed by atoms with Crippen LogP contribution in [0.1, 0.15) is 55.9 Å². The van der Waals surface area contributed by atoms with Gasteiger partial charge in [-0.15, -0.1) is 0 Å². The summed E-state index contributed by atoms with van der Waals surface area (Å²) in [7, 11) is -4.55. The van der Waals surface area contributed by atoms with Crippen molar-refractivity contribution >= 4 is 39.1 Å². The number of amides is 2. The molecule has 0 unspecified atom stereocenters. The first kappa shape index (κ1) is 34.9. The number of rotatable bonds is 12. The molecule has 2 amide bonds. The van der Waals surface area contributed by atoms with Crippen molar-refractivity contribution in [3.05, 3.63) is 94.0 Å². The van der Waals surface area contributed by atoms with Crippen LogP contribution in [0.4, 0.5) is 18.9 Å². The van der Waals surface area contributed by atoms with Crippen LogP contribution in [0.5, 0.6) is 0 Å². The number of carbonyl (C=O) groups excluding carboxylic acids is 2. The first-order valence-electron chi connectivity index (χ1n) is 14.2. The van der Waals surface area contributed by atoms with E-state index in [-0.39, 0.29) is 23.9 Å². The zero-order chi connectivity index (χ0) is 32.8. The van der Waals surface area contributed by atoms with Crippen LogP contribution in [0.15, 0.2) is 71.6 Å². The Morgan fingerprint density at radius 2 is 1.48 bits per heavy atom. The molecule has 3 rings (SSSR count). The fourth-order valence-corrected chi connectivity index (χ4v) is 6.13. The van der Waals surface area contributed by atoms with Gasteiger partial charge in [0.25, 0.3) is 10.0 Å². The molecular formula is C32H37ClF3N3O4S. The highest BCUT2D eigenvalue weighted by Crippen LogP contribution is 2.38. The third-order valence-electron chi connectivity index (χ3n) is 7.29. The van der Waals surface area contributed by atoms with Gasteiger partial charge in [-0.1, -0.05) is 73.0 Å². The average Bonchev–Trinajstić information content (AvgIpc) is 2.96. The summed E-state index contributed by atoms with van der Waals surface area (Å²) in [6.45, 7) is 8.21. The number of hydrogen-bond donors (Lipinski definition) is 1. The van der Waals surface area contributed by atoms with Crippen molar-refractivity contribution < 1.29 is 31.2 Å². The Morgan fingerprint density at radius 3 is 2.00 bits per heavy atom. The number of alkyl halides is 3. The zero-order valence-electron chi connectivity index (χ0n) is 25.3. The van der Waals surface area contributed by atoms with E-state index in [4.69, 9.17) is 11.6 Å². The Bertz CT molecular complexity index is 1560. The van der Waals surface area contributed by atoms with Crippen molar-refractivity contribution in [1.29, 1.82) is 0 Å². The smallest absolute Gasteiger partial charge is 0.352 e. The second kappa shape index (κ2) is 14.5. The summed E-state index contributed by atoms with van der Waals surface area (Å²) in [5, 5.41) is 2.27. The molecule has 2 atom stereocenters. The average molecular weight is 652 g/mol. The SMILES string of the molecule is CC[C@@H](C)NC(=O)[C@H](CC)N(Cc1ccc(C)cc1)C(=O)CN(c1ccc(Cl)c(C(F)(F)F)c1)S(=O)(=O)c1ccc(C)cc1. The van der Waals surface area contributed by atoms with E-state index in [2.05, 4.69) is 5.32 Å². The molecule has 0 radical (unpaired) electrons. The minimum Gasteiger partial charge on any atom is -0.352 e. The first-order chi connectivity index (χ1) is 20.6. The Balaban J connectivity index is 2.15. The Labute approximate surface area is 262 Å². The minimum absolute atomic E-state index is 0.0294. The van der Waals surface area contributed by atoms with Gasteiger partial charge < -0.3 is 10.2 Å². The Kier molecular flexibility index (Phi) is 11.5. The van der Waals surface area contributed by atoms with Crippen LogP contribution in [0.2, 0.25) is 5.02 Å². The maximum absolute atomic E-state index is 14.1. The van der Waals surface area contributed by atoms with E-state index in [0.717, 1.165) is 23.3 Å². The van der Waals surface area contributed by atoms with Gasteiger partial charge in [0, 0.05) is 12.6 Å². The largest absolute Gasteiger partial charge is 0.417 e. The first-order valence-corrected chi connectivity index (χ1v) is 16.0. The minimum atomic E-state index is -4.88. The Morgan fingerprint density at radius 1 is 0.909 bits per heavy atom. The maximum atomic E-state index is 14.1. The van der Waals surface area contributed by atoms with Crippen molar-refractivity contribution in [3.8, 4) is 0 Å². The summed E-state index contributed by atoms with van der Waals surface area (Å²) >= 11 is 5.83. The molecule has 44 heavy (non-hydrogen) atoms. The predicted molar refractivity (Wildman–Crippen MR) is 166 cm³/mol. The van der Waals surface area contributed by atoms with Crippen LogP contribution in [-0.4, -0.2) is 43.8 Å². The van der Waals surface area contributed by atoms with Crippen molar-refractivity contribution in [2.24, 2.45) is 0 Å². The molecular weight excluding hydrogens is 615 g/mol. The number of nitrogens with zero attached hydrogens (tertiary/aromatic N) is 2. The number of anilines is 1. The standard InChI is InChI=1S/C32H37ClF3N3O4S/c1-6-23(5)37-31(41)29(7-2)38(19-24-12-8-21(3)9-13-24)30(40)20-39(44(42,43)26-15-10-22(4)11-16-26)25-14-17-28(33)27(18-25)32(34,35)36/h8-18,23,29H,6-7,19-20H2,1-5H3,(H,37,41)/t23-,29+/m1/s1. The molecule has 3 aromatic carbocycles. The van der Waals surface area contributed by atoms with Gasteiger partial charge in [0.15, 0.2) is 0 Å².